The van der Waals surface area contributed by atoms with Crippen LogP contribution in [0.15, 0.2) is 0 Å². The Morgan fingerprint density at radius 2 is 2.23 bits per heavy atom. The van der Waals surface area contributed by atoms with Gasteiger partial charge in [-0.1, -0.05) is 0 Å². The molecule has 1 N–H and O–H groups in total. The van der Waals surface area contributed by atoms with Gasteiger partial charge in [-0.25, -0.2) is 0 Å². The molecule has 76 valence electrons. The summed E-state index contributed by atoms with van der Waals surface area (Å²) in [6, 6.07) is 0.737. The van der Waals surface area contributed by atoms with Crippen molar-refractivity contribution in [3.05, 3.63) is 0 Å². The predicted octanol–water partition coefficient (Wildman–Crippen LogP) is 0.315. The molecule has 2 rings (SSSR count). The zero-order chi connectivity index (χ0) is 9.26. The smallest absolute Gasteiger partial charge is 0.0825 e. The highest BCUT2D eigenvalue weighted by molar-refractivity contribution is 4.89. The summed E-state index contributed by atoms with van der Waals surface area (Å²) in [4.78, 5) is 2.53. The van der Waals surface area contributed by atoms with Gasteiger partial charge in [0.2, 0.25) is 0 Å². The Kier molecular flexibility index (Phi) is 2.86. The first-order valence-corrected chi connectivity index (χ1v) is 5.29. The Hall–Kier alpha value is -0.120. The molecule has 0 saturated carbocycles. The van der Waals surface area contributed by atoms with Crippen molar-refractivity contribution in [2.45, 2.75) is 25.5 Å². The molecule has 0 radical (unpaired) electrons. The first-order valence-electron chi connectivity index (χ1n) is 5.29. The van der Waals surface area contributed by atoms with Crippen LogP contribution in [0.4, 0.5) is 0 Å². The van der Waals surface area contributed by atoms with Gasteiger partial charge in [-0.15, -0.1) is 0 Å². The second kappa shape index (κ2) is 3.95. The van der Waals surface area contributed by atoms with Crippen LogP contribution in [-0.2, 0) is 4.74 Å². The number of nitrogens with zero attached hydrogens (tertiary/aromatic N) is 1. The molecule has 2 unspecified atom stereocenters. The molecule has 2 aliphatic heterocycles. The molecular weight excluding hydrogens is 164 g/mol. The van der Waals surface area contributed by atoms with E-state index in [4.69, 9.17) is 4.74 Å². The van der Waals surface area contributed by atoms with Crippen LogP contribution in [0.2, 0.25) is 0 Å². The Labute approximate surface area is 80.4 Å². The second-order valence-electron chi connectivity index (χ2n) is 4.31. The van der Waals surface area contributed by atoms with E-state index in [1.807, 2.05) is 7.11 Å². The average Bonchev–Trinajstić information content (AvgIpc) is 2.53. The van der Waals surface area contributed by atoms with Gasteiger partial charge in [-0.05, 0) is 32.4 Å². The van der Waals surface area contributed by atoms with Crippen molar-refractivity contribution in [3.8, 4) is 0 Å². The number of nitrogens with one attached hydrogen (secondary N) is 1. The molecule has 2 heterocycles. The van der Waals surface area contributed by atoms with Gasteiger partial charge in [0.25, 0.3) is 0 Å². The summed E-state index contributed by atoms with van der Waals surface area (Å²) < 4.78 is 5.27. The third kappa shape index (κ3) is 1.87. The van der Waals surface area contributed by atoms with Crippen molar-refractivity contribution in [2.24, 2.45) is 5.92 Å². The summed E-state index contributed by atoms with van der Waals surface area (Å²) in [6.45, 7) is 7.03. The minimum absolute atomic E-state index is 0.497. The largest absolute Gasteiger partial charge is 0.379 e. The molecule has 0 spiro atoms. The lowest BCUT2D eigenvalue weighted by Crippen LogP contribution is -2.57. The molecular formula is C10H20N2O. The van der Waals surface area contributed by atoms with E-state index >= 15 is 0 Å². The maximum Gasteiger partial charge on any atom is 0.0825 e. The van der Waals surface area contributed by atoms with Gasteiger partial charge in [0.15, 0.2) is 0 Å². The number of likely N-dealkylation sites (tertiary alicyclic amines) is 1. The molecule has 2 saturated heterocycles. The van der Waals surface area contributed by atoms with Gasteiger partial charge in [0.1, 0.15) is 0 Å². The van der Waals surface area contributed by atoms with Crippen LogP contribution >= 0.6 is 0 Å². The van der Waals surface area contributed by atoms with Crippen LogP contribution in [0, 0.1) is 5.92 Å². The van der Waals surface area contributed by atoms with Crippen molar-refractivity contribution >= 4 is 0 Å². The van der Waals surface area contributed by atoms with Crippen LogP contribution in [0.25, 0.3) is 0 Å². The van der Waals surface area contributed by atoms with Crippen molar-refractivity contribution in [3.63, 3.8) is 0 Å². The van der Waals surface area contributed by atoms with E-state index < -0.39 is 0 Å². The highest BCUT2D eigenvalue weighted by Crippen LogP contribution is 2.23. The van der Waals surface area contributed by atoms with E-state index in [1.54, 1.807) is 0 Å². The quantitative estimate of drug-likeness (QED) is 0.683. The number of methoxy groups -OCH3 is 1. The summed E-state index contributed by atoms with van der Waals surface area (Å²) >= 11 is 0. The number of hydrogen-bond donors (Lipinski definition) is 1. The Morgan fingerprint density at radius 1 is 1.46 bits per heavy atom. The summed E-state index contributed by atoms with van der Waals surface area (Å²) in [6.07, 6.45) is 1.84. The van der Waals surface area contributed by atoms with Gasteiger partial charge in [0, 0.05) is 26.2 Å². The average molecular weight is 184 g/mol. The van der Waals surface area contributed by atoms with Gasteiger partial charge in [-0.3, -0.25) is 4.90 Å². The normalized spacial score (nSPS) is 33.2. The van der Waals surface area contributed by atoms with Crippen LogP contribution in [0.5, 0.6) is 0 Å². The van der Waals surface area contributed by atoms with Crippen molar-refractivity contribution in [1.29, 1.82) is 0 Å². The van der Waals surface area contributed by atoms with Crippen molar-refractivity contribution < 1.29 is 4.74 Å². The van der Waals surface area contributed by atoms with Crippen LogP contribution in [0.1, 0.15) is 13.3 Å². The maximum atomic E-state index is 5.27. The molecule has 0 aromatic rings. The Balaban J connectivity index is 1.75. The first-order chi connectivity index (χ1) is 6.31. The molecule has 0 aromatic carbocycles. The zero-order valence-electron chi connectivity index (χ0n) is 8.62. The molecule has 3 heteroatoms. The molecule has 0 bridgehead atoms. The fraction of sp³-hybridized carbons (Fsp3) is 1.00. The summed E-state index contributed by atoms with van der Waals surface area (Å²) in [5, 5.41) is 3.42. The fourth-order valence-corrected chi connectivity index (χ4v) is 2.34. The van der Waals surface area contributed by atoms with Gasteiger partial charge >= 0.3 is 0 Å². The molecule has 2 aliphatic rings. The predicted molar refractivity (Wildman–Crippen MR) is 52.8 cm³/mol. The molecule has 0 aliphatic carbocycles. The lowest BCUT2D eigenvalue weighted by Gasteiger charge is -2.44. The van der Waals surface area contributed by atoms with E-state index in [1.165, 1.54) is 19.5 Å². The highest BCUT2D eigenvalue weighted by atomic mass is 16.5. The standard InChI is InChI=1S/C10H20N2O/c1-8(9-3-4-11-5-9)12-6-10(7-12)13-2/h8-11H,3-7H2,1-2H3. The summed E-state index contributed by atoms with van der Waals surface area (Å²) in [5.74, 6) is 0.859. The topological polar surface area (TPSA) is 24.5 Å². The van der Waals surface area contributed by atoms with Crippen LogP contribution in [0.3, 0.4) is 0 Å². The van der Waals surface area contributed by atoms with E-state index in [0.717, 1.165) is 25.0 Å². The number of hydrogen-bond acceptors (Lipinski definition) is 3. The Bertz CT molecular complexity index is 162. The summed E-state index contributed by atoms with van der Waals surface area (Å²) in [5.41, 5.74) is 0. The van der Waals surface area contributed by atoms with E-state index in [9.17, 15) is 0 Å². The van der Waals surface area contributed by atoms with Gasteiger partial charge in [0.05, 0.1) is 6.10 Å². The van der Waals surface area contributed by atoms with Crippen LogP contribution in [-0.4, -0.2) is 50.3 Å². The molecule has 2 fully saturated rings. The van der Waals surface area contributed by atoms with E-state index in [-0.39, 0.29) is 0 Å². The third-order valence-corrected chi connectivity index (χ3v) is 3.57. The monoisotopic (exact) mass is 184 g/mol. The lowest BCUT2D eigenvalue weighted by molar-refractivity contribution is -0.0566. The molecule has 0 aromatic heterocycles. The molecule has 3 nitrogen and oxygen atoms in total. The van der Waals surface area contributed by atoms with Crippen LogP contribution < -0.4 is 5.32 Å². The van der Waals surface area contributed by atoms with Gasteiger partial charge < -0.3 is 10.1 Å². The maximum absolute atomic E-state index is 5.27. The highest BCUT2D eigenvalue weighted by Gasteiger charge is 2.34. The van der Waals surface area contributed by atoms with Crippen molar-refractivity contribution in [2.75, 3.05) is 33.3 Å². The first kappa shape index (κ1) is 9.44. The minimum Gasteiger partial charge on any atom is -0.379 e. The SMILES string of the molecule is COC1CN(C(C)C2CCNC2)C1. The fourth-order valence-electron chi connectivity index (χ4n) is 2.34. The third-order valence-electron chi connectivity index (χ3n) is 3.57. The van der Waals surface area contributed by atoms with Crippen molar-refractivity contribution in [1.82, 2.24) is 10.2 Å². The zero-order valence-corrected chi connectivity index (χ0v) is 8.62. The molecule has 13 heavy (non-hydrogen) atoms. The molecule has 2 atom stereocenters. The Morgan fingerprint density at radius 3 is 2.77 bits per heavy atom. The summed E-state index contributed by atoms with van der Waals surface area (Å²) in [7, 11) is 1.81. The minimum atomic E-state index is 0.497. The molecule has 0 amide bonds. The number of ether oxygens (including phenoxy) is 1. The van der Waals surface area contributed by atoms with E-state index in [0.29, 0.717) is 6.10 Å². The lowest BCUT2D eigenvalue weighted by atomic mass is 9.95. The van der Waals surface area contributed by atoms with Gasteiger partial charge in [-0.2, -0.15) is 0 Å². The number of rotatable bonds is 3. The van der Waals surface area contributed by atoms with E-state index in [2.05, 4.69) is 17.1 Å². The second-order valence-corrected chi connectivity index (χ2v) is 4.31.